The molecule has 0 spiro atoms. The van der Waals surface area contributed by atoms with Gasteiger partial charge in [0.25, 0.3) is 0 Å². The van der Waals surface area contributed by atoms with Crippen LogP contribution in [0.25, 0.3) is 5.57 Å². The smallest absolute Gasteiger partial charge is 0.229 e. The molecule has 3 heteroatoms. The van der Waals surface area contributed by atoms with E-state index in [1.165, 1.54) is 7.11 Å². The first-order valence-corrected chi connectivity index (χ1v) is 5.91. The Kier molecular flexibility index (Phi) is 2.38. The third-order valence-electron chi connectivity index (χ3n) is 3.44. The molecular weight excluding hydrogens is 228 g/mol. The minimum Gasteiger partial charge on any atom is -0.493 e. The molecule has 0 aliphatic carbocycles. The molecule has 1 aromatic carbocycles. The molecule has 0 saturated heterocycles. The Balaban J connectivity index is 2.10. The summed E-state index contributed by atoms with van der Waals surface area (Å²) in [6, 6.07) is 9.96. The number of carbonyl (C=O) groups excluding carboxylic acids is 1. The predicted octanol–water partition coefficient (Wildman–Crippen LogP) is 2.34. The average molecular weight is 242 g/mol. The number of carbonyl (C=O) groups is 1. The molecule has 18 heavy (non-hydrogen) atoms. The molecule has 2 aliphatic heterocycles. The summed E-state index contributed by atoms with van der Waals surface area (Å²) in [5, 5.41) is 0. The minimum absolute atomic E-state index is 0.110. The summed E-state index contributed by atoms with van der Waals surface area (Å²) in [5.41, 5.74) is 1.52. The van der Waals surface area contributed by atoms with Gasteiger partial charge in [-0.1, -0.05) is 30.3 Å². The van der Waals surface area contributed by atoms with Crippen LogP contribution in [0.4, 0.5) is 0 Å². The van der Waals surface area contributed by atoms with E-state index in [2.05, 4.69) is 0 Å². The van der Waals surface area contributed by atoms with Crippen LogP contribution in [-0.4, -0.2) is 24.6 Å². The zero-order valence-corrected chi connectivity index (χ0v) is 10.3. The molecule has 0 aromatic heterocycles. The van der Waals surface area contributed by atoms with Crippen molar-refractivity contribution in [1.29, 1.82) is 0 Å². The van der Waals surface area contributed by atoms with Crippen molar-refractivity contribution < 1.29 is 14.3 Å². The van der Waals surface area contributed by atoms with Crippen molar-refractivity contribution >= 4 is 11.4 Å². The van der Waals surface area contributed by atoms with E-state index in [4.69, 9.17) is 9.47 Å². The fourth-order valence-electron chi connectivity index (χ4n) is 2.54. The molecule has 2 atom stereocenters. The van der Waals surface area contributed by atoms with Crippen molar-refractivity contribution in [3.63, 3.8) is 0 Å². The average Bonchev–Trinajstić information content (AvgIpc) is 2.69. The molecule has 0 radical (unpaired) electrons. The molecule has 0 fully saturated rings. The molecule has 92 valence electrons. The van der Waals surface area contributed by atoms with Gasteiger partial charge >= 0.3 is 0 Å². The van der Waals surface area contributed by atoms with Crippen LogP contribution in [0, 0.1) is 0 Å². The topological polar surface area (TPSA) is 35.5 Å². The molecule has 0 N–H and O–H groups in total. The van der Waals surface area contributed by atoms with Gasteiger partial charge in [-0.15, -0.1) is 0 Å². The van der Waals surface area contributed by atoms with Crippen LogP contribution in [-0.2, 0) is 14.3 Å². The van der Waals surface area contributed by atoms with Crippen LogP contribution in [0.15, 0.2) is 48.2 Å². The third-order valence-corrected chi connectivity index (χ3v) is 3.44. The summed E-state index contributed by atoms with van der Waals surface area (Å²) >= 11 is 0. The number of methoxy groups -OCH3 is 1. The first-order valence-electron chi connectivity index (χ1n) is 5.91. The van der Waals surface area contributed by atoms with E-state index in [9.17, 15) is 4.79 Å². The van der Waals surface area contributed by atoms with Crippen molar-refractivity contribution in [3.8, 4) is 0 Å². The molecule has 2 heterocycles. The van der Waals surface area contributed by atoms with E-state index in [0.717, 1.165) is 11.1 Å². The number of benzene rings is 1. The Hall–Kier alpha value is -1.87. The van der Waals surface area contributed by atoms with Crippen molar-refractivity contribution in [1.82, 2.24) is 0 Å². The number of ketones is 1. The van der Waals surface area contributed by atoms with E-state index in [0.29, 0.717) is 5.76 Å². The maximum absolute atomic E-state index is 12.0. The summed E-state index contributed by atoms with van der Waals surface area (Å²) in [6.45, 7) is 1.96. The number of hydrogen-bond donors (Lipinski definition) is 0. The second-order valence-electron chi connectivity index (χ2n) is 4.67. The Morgan fingerprint density at radius 3 is 2.67 bits per heavy atom. The monoisotopic (exact) mass is 242 g/mol. The molecule has 2 unspecified atom stereocenters. The Bertz CT molecular complexity index is 556. The predicted molar refractivity (Wildman–Crippen MR) is 67.8 cm³/mol. The van der Waals surface area contributed by atoms with E-state index in [1.54, 1.807) is 6.08 Å². The lowest BCUT2D eigenvalue weighted by Crippen LogP contribution is -2.36. The summed E-state index contributed by atoms with van der Waals surface area (Å²) in [4.78, 5) is 12.0. The van der Waals surface area contributed by atoms with Crippen LogP contribution in [0.2, 0.25) is 0 Å². The molecule has 3 nitrogen and oxygen atoms in total. The van der Waals surface area contributed by atoms with Gasteiger partial charge in [0.05, 0.1) is 7.11 Å². The van der Waals surface area contributed by atoms with Gasteiger partial charge < -0.3 is 9.47 Å². The molecule has 2 bridgehead atoms. The van der Waals surface area contributed by atoms with E-state index >= 15 is 0 Å². The fraction of sp³-hybridized carbons (Fsp3) is 0.267. The summed E-state index contributed by atoms with van der Waals surface area (Å²) in [6.07, 6.45) is 3.13. The number of hydrogen-bond acceptors (Lipinski definition) is 3. The van der Waals surface area contributed by atoms with E-state index in [1.807, 2.05) is 43.3 Å². The van der Waals surface area contributed by atoms with Crippen molar-refractivity contribution in [2.45, 2.75) is 18.6 Å². The Morgan fingerprint density at radius 2 is 2.00 bits per heavy atom. The second kappa shape index (κ2) is 3.82. The molecular formula is C15H14O3. The highest BCUT2D eigenvalue weighted by Gasteiger charge is 2.46. The number of ether oxygens (including phenoxy) is 2. The highest BCUT2D eigenvalue weighted by Crippen LogP contribution is 2.43. The molecule has 2 aliphatic rings. The fourth-order valence-corrected chi connectivity index (χ4v) is 2.54. The lowest BCUT2D eigenvalue weighted by Gasteiger charge is -2.29. The maximum Gasteiger partial charge on any atom is 0.229 e. The standard InChI is InChI=1S/C15H14O3/c1-15-9-13(17-2)14(16)12(18-15)8-11(15)10-6-4-3-5-7-10/h3-9,12H,1-2H3. The highest BCUT2D eigenvalue weighted by atomic mass is 16.5. The lowest BCUT2D eigenvalue weighted by atomic mass is 9.90. The van der Waals surface area contributed by atoms with Crippen LogP contribution >= 0.6 is 0 Å². The van der Waals surface area contributed by atoms with E-state index < -0.39 is 11.7 Å². The summed E-state index contributed by atoms with van der Waals surface area (Å²) in [7, 11) is 1.51. The van der Waals surface area contributed by atoms with E-state index in [-0.39, 0.29) is 5.78 Å². The van der Waals surface area contributed by atoms with Crippen LogP contribution in [0.1, 0.15) is 12.5 Å². The van der Waals surface area contributed by atoms with Gasteiger partial charge in [0.1, 0.15) is 11.7 Å². The van der Waals surface area contributed by atoms with Crippen LogP contribution < -0.4 is 0 Å². The lowest BCUT2D eigenvalue weighted by molar-refractivity contribution is -0.132. The molecule has 3 rings (SSSR count). The van der Waals surface area contributed by atoms with Gasteiger partial charge in [0, 0.05) is 0 Å². The summed E-state index contributed by atoms with van der Waals surface area (Å²) < 4.78 is 10.9. The number of fused-ring (bicyclic) bond motifs is 2. The van der Waals surface area contributed by atoms with Gasteiger partial charge in [-0.25, -0.2) is 0 Å². The SMILES string of the molecule is COC1=CC2(C)OC(C=C2c2ccccc2)C1=O. The number of rotatable bonds is 2. The second-order valence-corrected chi connectivity index (χ2v) is 4.67. The largest absolute Gasteiger partial charge is 0.493 e. The van der Waals surface area contributed by atoms with Gasteiger partial charge in [-0.3, -0.25) is 4.79 Å². The minimum atomic E-state index is -0.578. The molecule has 0 amide bonds. The molecule has 0 saturated carbocycles. The normalized spacial score (nSPS) is 29.9. The first kappa shape index (κ1) is 11.2. The summed E-state index contributed by atoms with van der Waals surface area (Å²) in [5.74, 6) is 0.275. The van der Waals surface area contributed by atoms with Crippen molar-refractivity contribution in [3.05, 3.63) is 53.8 Å². The third kappa shape index (κ3) is 1.51. The number of Topliss-reactive ketones (excluding diaryl/α,β-unsaturated/α-hetero) is 1. The quantitative estimate of drug-likeness (QED) is 0.798. The first-order chi connectivity index (χ1) is 8.64. The van der Waals surface area contributed by atoms with Gasteiger partial charge in [-0.05, 0) is 30.2 Å². The Labute approximate surface area is 106 Å². The van der Waals surface area contributed by atoms with Gasteiger partial charge in [0.15, 0.2) is 5.76 Å². The van der Waals surface area contributed by atoms with Crippen LogP contribution in [0.3, 0.4) is 0 Å². The Morgan fingerprint density at radius 1 is 1.28 bits per heavy atom. The van der Waals surface area contributed by atoms with Crippen molar-refractivity contribution in [2.24, 2.45) is 0 Å². The van der Waals surface area contributed by atoms with Gasteiger partial charge in [0.2, 0.25) is 5.78 Å². The molecule has 1 aromatic rings. The zero-order valence-electron chi connectivity index (χ0n) is 10.3. The van der Waals surface area contributed by atoms with Gasteiger partial charge in [-0.2, -0.15) is 0 Å². The zero-order chi connectivity index (χ0) is 12.8. The highest BCUT2D eigenvalue weighted by molar-refractivity contribution is 6.03. The van der Waals surface area contributed by atoms with Crippen LogP contribution in [0.5, 0.6) is 0 Å². The maximum atomic E-state index is 12.0. The van der Waals surface area contributed by atoms with Crippen molar-refractivity contribution in [2.75, 3.05) is 7.11 Å².